The number of nitrogens with one attached hydrogen (secondary N) is 1. The zero-order valence-corrected chi connectivity index (χ0v) is 12.5. The second kappa shape index (κ2) is 5.88. The number of hydrogen-bond donors (Lipinski definition) is 1. The van der Waals surface area contributed by atoms with Crippen molar-refractivity contribution in [2.45, 2.75) is 19.9 Å². The Balaban J connectivity index is 1.93. The van der Waals surface area contributed by atoms with Gasteiger partial charge in [0, 0.05) is 25.4 Å². The highest BCUT2D eigenvalue weighted by molar-refractivity contribution is 5.45. The number of aryl methyl sites for hydroxylation is 3. The lowest BCUT2D eigenvalue weighted by Crippen LogP contribution is -2.18. The fourth-order valence-electron chi connectivity index (χ4n) is 2.40. The molecule has 114 valence electrons. The van der Waals surface area contributed by atoms with Crippen LogP contribution in [0.25, 0.3) is 5.69 Å². The maximum Gasteiger partial charge on any atom is 0.347 e. The second-order valence-electron chi connectivity index (χ2n) is 4.95. The van der Waals surface area contributed by atoms with Crippen LogP contribution in [0.1, 0.15) is 11.4 Å². The van der Waals surface area contributed by atoms with Crippen molar-refractivity contribution in [3.63, 3.8) is 0 Å². The quantitative estimate of drug-likeness (QED) is 0.770. The summed E-state index contributed by atoms with van der Waals surface area (Å²) < 4.78 is 8.61. The van der Waals surface area contributed by atoms with Gasteiger partial charge >= 0.3 is 5.69 Å². The number of rotatable bonds is 5. The third kappa shape index (κ3) is 2.65. The number of aromatic amines is 1. The molecule has 0 amide bonds. The second-order valence-corrected chi connectivity index (χ2v) is 4.95. The summed E-state index contributed by atoms with van der Waals surface area (Å²) in [6.45, 7) is 2.60. The summed E-state index contributed by atoms with van der Waals surface area (Å²) in [5, 5.41) is 10.8. The van der Waals surface area contributed by atoms with Crippen LogP contribution in [0.5, 0.6) is 5.75 Å². The van der Waals surface area contributed by atoms with Gasteiger partial charge in [-0.15, -0.1) is 0 Å². The largest absolute Gasteiger partial charge is 0.497 e. The Hall–Kier alpha value is -2.83. The highest BCUT2D eigenvalue weighted by Crippen LogP contribution is 2.20. The van der Waals surface area contributed by atoms with Crippen molar-refractivity contribution < 1.29 is 4.74 Å². The number of ether oxygens (including phenoxy) is 1. The van der Waals surface area contributed by atoms with E-state index in [9.17, 15) is 4.79 Å². The van der Waals surface area contributed by atoms with Crippen molar-refractivity contribution in [3.05, 3.63) is 58.5 Å². The predicted molar refractivity (Wildman–Crippen MR) is 81.4 cm³/mol. The normalized spacial score (nSPS) is 10.8. The third-order valence-corrected chi connectivity index (χ3v) is 3.51. The number of methoxy groups -OCH3 is 1. The summed E-state index contributed by atoms with van der Waals surface area (Å²) in [6.07, 6.45) is 4.21. The van der Waals surface area contributed by atoms with Crippen molar-refractivity contribution in [2.24, 2.45) is 0 Å². The van der Waals surface area contributed by atoms with Gasteiger partial charge in [-0.1, -0.05) is 0 Å². The van der Waals surface area contributed by atoms with Crippen LogP contribution in [0.2, 0.25) is 0 Å². The zero-order valence-electron chi connectivity index (χ0n) is 12.5. The molecule has 0 unspecified atom stereocenters. The number of aromatic nitrogens is 5. The molecular formula is C15H17N5O2. The van der Waals surface area contributed by atoms with Crippen molar-refractivity contribution >= 4 is 0 Å². The van der Waals surface area contributed by atoms with Crippen molar-refractivity contribution in [1.29, 1.82) is 0 Å². The van der Waals surface area contributed by atoms with Crippen LogP contribution >= 0.6 is 0 Å². The molecule has 7 heteroatoms. The average Bonchev–Trinajstić information content (AvgIpc) is 3.15. The summed E-state index contributed by atoms with van der Waals surface area (Å²) in [4.78, 5) is 12.1. The molecule has 0 fully saturated rings. The molecule has 0 aliphatic carbocycles. The number of hydrogen-bond acceptors (Lipinski definition) is 4. The Bertz CT molecular complexity index is 817. The average molecular weight is 299 g/mol. The van der Waals surface area contributed by atoms with Gasteiger partial charge in [0.2, 0.25) is 0 Å². The zero-order chi connectivity index (χ0) is 15.5. The monoisotopic (exact) mass is 299 g/mol. The van der Waals surface area contributed by atoms with E-state index < -0.39 is 0 Å². The van der Waals surface area contributed by atoms with Gasteiger partial charge < -0.3 is 4.74 Å². The smallest absolute Gasteiger partial charge is 0.347 e. The van der Waals surface area contributed by atoms with Gasteiger partial charge in [-0.05, 0) is 36.8 Å². The van der Waals surface area contributed by atoms with Crippen molar-refractivity contribution in [2.75, 3.05) is 7.11 Å². The molecule has 0 aliphatic rings. The molecule has 2 heterocycles. The summed E-state index contributed by atoms with van der Waals surface area (Å²) in [5.74, 6) is 1.43. The van der Waals surface area contributed by atoms with Crippen molar-refractivity contribution in [3.8, 4) is 11.4 Å². The Morgan fingerprint density at radius 3 is 2.91 bits per heavy atom. The minimum absolute atomic E-state index is 0.247. The predicted octanol–water partition coefficient (Wildman–Crippen LogP) is 1.32. The molecule has 0 bridgehead atoms. The van der Waals surface area contributed by atoms with E-state index in [1.807, 2.05) is 42.1 Å². The van der Waals surface area contributed by atoms with Crippen LogP contribution in [-0.2, 0) is 13.0 Å². The molecule has 0 radical (unpaired) electrons. The Morgan fingerprint density at radius 2 is 2.23 bits per heavy atom. The number of nitrogens with zero attached hydrogens (tertiary/aromatic N) is 4. The fraction of sp³-hybridized carbons (Fsp3) is 0.267. The van der Waals surface area contributed by atoms with E-state index in [-0.39, 0.29) is 5.69 Å². The summed E-state index contributed by atoms with van der Waals surface area (Å²) in [6, 6.07) is 7.46. The molecule has 22 heavy (non-hydrogen) atoms. The Morgan fingerprint density at radius 1 is 1.36 bits per heavy atom. The SMILES string of the molecule is COc1ccc(-n2c(CCn3cccn3)n[nH]c2=O)c(C)c1. The molecule has 7 nitrogen and oxygen atoms in total. The van der Waals surface area contributed by atoms with Crippen LogP contribution < -0.4 is 10.4 Å². The lowest BCUT2D eigenvalue weighted by atomic mass is 10.2. The molecule has 0 aliphatic heterocycles. The first kappa shape index (κ1) is 14.1. The molecule has 0 spiro atoms. The Labute approximate surface area is 127 Å². The summed E-state index contributed by atoms with van der Waals surface area (Å²) in [5.41, 5.74) is 1.50. The molecule has 3 aromatic rings. The van der Waals surface area contributed by atoms with Gasteiger partial charge in [0.25, 0.3) is 0 Å². The molecule has 0 saturated heterocycles. The van der Waals surface area contributed by atoms with Gasteiger partial charge in [0.05, 0.1) is 12.8 Å². The van der Waals surface area contributed by atoms with Crippen molar-refractivity contribution in [1.82, 2.24) is 24.5 Å². The fourth-order valence-corrected chi connectivity index (χ4v) is 2.40. The minimum atomic E-state index is -0.247. The van der Waals surface area contributed by atoms with Crippen LogP contribution in [0.3, 0.4) is 0 Å². The van der Waals surface area contributed by atoms with Crippen LogP contribution in [0.15, 0.2) is 41.5 Å². The van der Waals surface area contributed by atoms with Gasteiger partial charge in [-0.2, -0.15) is 10.2 Å². The molecule has 1 N–H and O–H groups in total. The molecular weight excluding hydrogens is 282 g/mol. The first-order valence-electron chi connectivity index (χ1n) is 6.98. The maximum absolute atomic E-state index is 12.1. The number of benzene rings is 1. The lowest BCUT2D eigenvalue weighted by Gasteiger charge is -2.10. The first-order chi connectivity index (χ1) is 10.7. The maximum atomic E-state index is 12.1. The van der Waals surface area contributed by atoms with E-state index in [2.05, 4.69) is 15.3 Å². The molecule has 0 saturated carbocycles. The highest BCUT2D eigenvalue weighted by Gasteiger charge is 2.13. The van der Waals surface area contributed by atoms with Gasteiger partial charge in [0.15, 0.2) is 0 Å². The number of H-pyrrole nitrogens is 1. The lowest BCUT2D eigenvalue weighted by molar-refractivity contribution is 0.414. The van der Waals surface area contributed by atoms with E-state index in [1.54, 1.807) is 17.9 Å². The molecule has 2 aromatic heterocycles. The van der Waals surface area contributed by atoms with Crippen LogP contribution in [0, 0.1) is 6.92 Å². The highest BCUT2D eigenvalue weighted by atomic mass is 16.5. The first-order valence-corrected chi connectivity index (χ1v) is 6.98. The van der Waals surface area contributed by atoms with Gasteiger partial charge in [0.1, 0.15) is 11.6 Å². The topological polar surface area (TPSA) is 77.7 Å². The molecule has 0 atom stereocenters. The minimum Gasteiger partial charge on any atom is -0.497 e. The third-order valence-electron chi connectivity index (χ3n) is 3.51. The summed E-state index contributed by atoms with van der Waals surface area (Å²) in [7, 11) is 1.62. The van der Waals surface area contributed by atoms with Gasteiger partial charge in [-0.25, -0.2) is 14.5 Å². The van der Waals surface area contributed by atoms with Gasteiger partial charge in [-0.3, -0.25) is 4.68 Å². The molecule has 3 rings (SSSR count). The van der Waals surface area contributed by atoms with E-state index in [4.69, 9.17) is 4.74 Å². The molecule has 1 aromatic carbocycles. The van der Waals surface area contributed by atoms with E-state index in [0.717, 1.165) is 17.0 Å². The summed E-state index contributed by atoms with van der Waals surface area (Å²) >= 11 is 0. The van der Waals surface area contributed by atoms with Crippen LogP contribution in [-0.4, -0.2) is 31.7 Å². The van der Waals surface area contributed by atoms with E-state index >= 15 is 0 Å². The Kier molecular flexibility index (Phi) is 3.78. The standard InChI is InChI=1S/C15H17N5O2/c1-11-10-12(22-2)4-5-13(11)20-14(17-18-15(20)21)6-9-19-8-3-7-16-19/h3-5,7-8,10H,6,9H2,1-2H3,(H,18,21). The van der Waals surface area contributed by atoms with Crippen LogP contribution in [0.4, 0.5) is 0 Å². The van der Waals surface area contributed by atoms with E-state index in [1.165, 1.54) is 0 Å². The van der Waals surface area contributed by atoms with E-state index in [0.29, 0.717) is 18.8 Å².